The Morgan fingerprint density at radius 1 is 1.03 bits per heavy atom. The fourth-order valence-electron chi connectivity index (χ4n) is 4.61. The molecule has 2 heterocycles. The van der Waals surface area contributed by atoms with E-state index in [1.807, 2.05) is 31.2 Å². The minimum atomic E-state index is -3.85. The maximum Gasteiger partial charge on any atom is 0.318 e. The number of hydrogen-bond donors (Lipinski definition) is 1. The van der Waals surface area contributed by atoms with Crippen LogP contribution < -0.4 is 14.8 Å². The monoisotopic (exact) mass is 478 g/mol. The van der Waals surface area contributed by atoms with E-state index in [9.17, 15) is 18.0 Å². The van der Waals surface area contributed by atoms with Crippen molar-refractivity contribution in [2.24, 2.45) is 5.14 Å². The number of carbonyl (C=O) groups excluding carboxylic acids is 2. The maximum atomic E-state index is 13.2. The van der Waals surface area contributed by atoms with E-state index in [4.69, 9.17) is 14.6 Å². The summed E-state index contributed by atoms with van der Waals surface area (Å²) in [6.45, 7) is 1.41. The summed E-state index contributed by atoms with van der Waals surface area (Å²) in [6.07, 6.45) is 0.471. The Morgan fingerprint density at radius 3 is 2.26 bits per heavy atom. The van der Waals surface area contributed by atoms with Crippen LogP contribution in [0.3, 0.4) is 0 Å². The minimum absolute atomic E-state index is 0.00368. The molecular formula is C25H22N2O6S. The van der Waals surface area contributed by atoms with Gasteiger partial charge in [-0.25, -0.2) is 13.6 Å². The van der Waals surface area contributed by atoms with Crippen LogP contribution in [0.15, 0.2) is 71.6 Å². The number of primary sulfonamides is 1. The van der Waals surface area contributed by atoms with E-state index in [1.54, 1.807) is 30.3 Å². The Hall–Kier alpha value is -3.69. The van der Waals surface area contributed by atoms with Crippen molar-refractivity contribution in [3.8, 4) is 11.5 Å². The summed E-state index contributed by atoms with van der Waals surface area (Å²) in [5.41, 5.74) is 2.64. The number of rotatable bonds is 4. The maximum absolute atomic E-state index is 13.2. The molecule has 3 aromatic carbocycles. The van der Waals surface area contributed by atoms with Gasteiger partial charge in [0.05, 0.1) is 4.90 Å². The molecule has 0 bridgehead atoms. The van der Waals surface area contributed by atoms with Crippen molar-refractivity contribution in [2.75, 3.05) is 11.5 Å². The van der Waals surface area contributed by atoms with Gasteiger partial charge in [0, 0.05) is 22.9 Å². The summed E-state index contributed by atoms with van der Waals surface area (Å²) in [4.78, 5) is 27.8. The van der Waals surface area contributed by atoms with E-state index in [2.05, 4.69) is 0 Å². The van der Waals surface area contributed by atoms with Crippen LogP contribution in [0.5, 0.6) is 11.5 Å². The summed E-state index contributed by atoms with van der Waals surface area (Å²) in [5.74, 6) is -0.510. The molecule has 2 aliphatic rings. The Labute approximate surface area is 196 Å². The molecule has 0 radical (unpaired) electrons. The van der Waals surface area contributed by atoms with E-state index in [0.717, 1.165) is 0 Å². The van der Waals surface area contributed by atoms with Gasteiger partial charge in [-0.15, -0.1) is 0 Å². The first-order chi connectivity index (χ1) is 16.2. The molecule has 174 valence electrons. The van der Waals surface area contributed by atoms with Gasteiger partial charge in [0.1, 0.15) is 17.4 Å². The van der Waals surface area contributed by atoms with Gasteiger partial charge in [-0.05, 0) is 49.2 Å². The highest BCUT2D eigenvalue weighted by Crippen LogP contribution is 2.44. The van der Waals surface area contributed by atoms with Gasteiger partial charge in [-0.1, -0.05) is 36.4 Å². The van der Waals surface area contributed by atoms with Crippen molar-refractivity contribution in [3.05, 3.63) is 83.4 Å². The Balaban J connectivity index is 1.36. The van der Waals surface area contributed by atoms with Crippen LogP contribution in [0, 0.1) is 0 Å². The highest BCUT2D eigenvalue weighted by Gasteiger charge is 2.36. The lowest BCUT2D eigenvalue weighted by atomic mass is 9.88. The van der Waals surface area contributed by atoms with Crippen LogP contribution in [0.1, 0.15) is 29.5 Å². The third-order valence-corrected chi connectivity index (χ3v) is 7.03. The van der Waals surface area contributed by atoms with Gasteiger partial charge in [-0.2, -0.15) is 0 Å². The van der Waals surface area contributed by atoms with Crippen LogP contribution >= 0.6 is 0 Å². The van der Waals surface area contributed by atoms with E-state index in [-0.39, 0.29) is 10.9 Å². The highest BCUT2D eigenvalue weighted by molar-refractivity contribution is 7.89. The molecule has 0 aliphatic carbocycles. The SMILES string of the molecule is CC1Cc2cc(S(N)(=O)=O)ccc2N1C(=O)COC(=O)C1c2ccccc2Oc2ccccc21. The molecule has 0 fully saturated rings. The number of carbonyl (C=O) groups is 2. The molecule has 2 N–H and O–H groups in total. The first kappa shape index (κ1) is 22.1. The summed E-state index contributed by atoms with van der Waals surface area (Å²) < 4.78 is 34.8. The molecule has 8 nitrogen and oxygen atoms in total. The van der Waals surface area contributed by atoms with Crippen molar-refractivity contribution < 1.29 is 27.5 Å². The van der Waals surface area contributed by atoms with Crippen LogP contribution in [-0.2, 0) is 30.8 Å². The highest BCUT2D eigenvalue weighted by atomic mass is 32.2. The van der Waals surface area contributed by atoms with Crippen LogP contribution in [0.2, 0.25) is 0 Å². The predicted molar refractivity (Wildman–Crippen MR) is 124 cm³/mol. The zero-order valence-electron chi connectivity index (χ0n) is 18.3. The Bertz CT molecular complexity index is 1370. The second kappa shape index (κ2) is 8.27. The van der Waals surface area contributed by atoms with Gasteiger partial charge < -0.3 is 14.4 Å². The largest absolute Gasteiger partial charge is 0.457 e. The van der Waals surface area contributed by atoms with Gasteiger partial charge in [0.25, 0.3) is 5.91 Å². The molecule has 0 spiro atoms. The van der Waals surface area contributed by atoms with Gasteiger partial charge in [-0.3, -0.25) is 9.59 Å². The van der Waals surface area contributed by atoms with Gasteiger partial charge >= 0.3 is 5.97 Å². The summed E-state index contributed by atoms with van der Waals surface area (Å²) in [6, 6.07) is 18.7. The topological polar surface area (TPSA) is 116 Å². The molecule has 1 unspecified atom stereocenters. The number of ether oxygens (including phenoxy) is 2. The first-order valence-electron chi connectivity index (χ1n) is 10.7. The van der Waals surface area contributed by atoms with E-state index in [1.165, 1.54) is 17.0 Å². The number of benzene rings is 3. The van der Waals surface area contributed by atoms with E-state index >= 15 is 0 Å². The molecule has 1 amide bonds. The molecule has 9 heteroatoms. The van der Waals surface area contributed by atoms with E-state index in [0.29, 0.717) is 40.3 Å². The van der Waals surface area contributed by atoms with E-state index < -0.39 is 34.4 Å². The third kappa shape index (κ3) is 3.82. The molecule has 0 saturated carbocycles. The normalized spacial score (nSPS) is 16.8. The molecule has 5 rings (SSSR count). The first-order valence-corrected chi connectivity index (χ1v) is 12.3. The standard InChI is InChI=1S/C25H22N2O6S/c1-15-12-16-13-17(34(26,30)31)10-11-20(16)27(15)23(28)14-32-25(29)24-18-6-2-4-8-21(18)33-22-9-5-3-7-19(22)24/h2-11,13,15,24H,12,14H2,1H3,(H2,26,30,31). The number of nitrogens with zero attached hydrogens (tertiary/aromatic N) is 1. The number of esters is 1. The average Bonchev–Trinajstić information content (AvgIpc) is 3.15. The second-order valence-electron chi connectivity index (χ2n) is 8.37. The molecule has 2 aliphatic heterocycles. The summed E-state index contributed by atoms with van der Waals surface area (Å²) in [5, 5.41) is 5.22. The number of para-hydroxylation sites is 2. The minimum Gasteiger partial charge on any atom is -0.457 e. The number of nitrogens with two attached hydrogens (primary N) is 1. The van der Waals surface area contributed by atoms with Crippen LogP contribution in [0.4, 0.5) is 5.69 Å². The van der Waals surface area contributed by atoms with Crippen LogP contribution in [0.25, 0.3) is 0 Å². The number of anilines is 1. The third-order valence-electron chi connectivity index (χ3n) is 6.12. The van der Waals surface area contributed by atoms with Crippen molar-refractivity contribution >= 4 is 27.6 Å². The predicted octanol–water partition coefficient (Wildman–Crippen LogP) is 3.09. The quantitative estimate of drug-likeness (QED) is 0.576. The molecule has 0 saturated heterocycles. The fourth-order valence-corrected chi connectivity index (χ4v) is 5.18. The van der Waals surface area contributed by atoms with Crippen molar-refractivity contribution in [3.63, 3.8) is 0 Å². The molecule has 3 aromatic rings. The van der Waals surface area contributed by atoms with Crippen LogP contribution in [-0.4, -0.2) is 32.9 Å². The number of fused-ring (bicyclic) bond motifs is 3. The summed E-state index contributed by atoms with van der Waals surface area (Å²) >= 11 is 0. The van der Waals surface area contributed by atoms with Crippen molar-refractivity contribution in [1.82, 2.24) is 0 Å². The fraction of sp³-hybridized carbons (Fsp3) is 0.200. The second-order valence-corrected chi connectivity index (χ2v) is 9.93. The molecule has 1 atom stereocenters. The average molecular weight is 479 g/mol. The molecule has 34 heavy (non-hydrogen) atoms. The Kier molecular flexibility index (Phi) is 5.38. The zero-order chi connectivity index (χ0) is 24.0. The van der Waals surface area contributed by atoms with Crippen molar-refractivity contribution in [2.45, 2.75) is 30.2 Å². The number of sulfonamides is 1. The smallest absolute Gasteiger partial charge is 0.318 e. The van der Waals surface area contributed by atoms with Gasteiger partial charge in [0.15, 0.2) is 6.61 Å². The van der Waals surface area contributed by atoms with Crippen molar-refractivity contribution in [1.29, 1.82) is 0 Å². The van der Waals surface area contributed by atoms with Gasteiger partial charge in [0.2, 0.25) is 10.0 Å². The lowest BCUT2D eigenvalue weighted by Crippen LogP contribution is -2.39. The number of hydrogen-bond acceptors (Lipinski definition) is 6. The molecular weight excluding hydrogens is 456 g/mol. The lowest BCUT2D eigenvalue weighted by Gasteiger charge is -2.27. The zero-order valence-corrected chi connectivity index (χ0v) is 19.1. The Morgan fingerprint density at radius 2 is 1.65 bits per heavy atom. The number of amides is 1. The lowest BCUT2D eigenvalue weighted by molar-refractivity contribution is -0.148. The molecule has 0 aromatic heterocycles. The summed E-state index contributed by atoms with van der Waals surface area (Å²) in [7, 11) is -3.85.